The van der Waals surface area contributed by atoms with Gasteiger partial charge in [0.05, 0.1) is 6.61 Å². The van der Waals surface area contributed by atoms with E-state index in [9.17, 15) is 13.2 Å². The molecular weight excluding hydrogens is 366 g/mol. The third kappa shape index (κ3) is 4.84. The smallest absolute Gasteiger partial charge is 0.409 e. The van der Waals surface area contributed by atoms with Crippen LogP contribution in [0.15, 0.2) is 24.3 Å². The number of piperazine rings is 1. The summed E-state index contributed by atoms with van der Waals surface area (Å²) in [5, 5.41) is 0.545. The lowest BCUT2D eigenvalue weighted by Crippen LogP contribution is -2.54. The summed E-state index contributed by atoms with van der Waals surface area (Å²) in [4.78, 5) is 13.3. The van der Waals surface area contributed by atoms with Crippen molar-refractivity contribution in [1.82, 2.24) is 13.5 Å². The Morgan fingerprint density at radius 1 is 1.20 bits per heavy atom. The highest BCUT2D eigenvalue weighted by Crippen LogP contribution is 2.20. The van der Waals surface area contributed by atoms with Gasteiger partial charge in [0.2, 0.25) is 0 Å². The van der Waals surface area contributed by atoms with Gasteiger partial charge in [0.25, 0.3) is 10.2 Å². The number of hydrogen-bond acceptors (Lipinski definition) is 4. The molecule has 1 aromatic rings. The maximum atomic E-state index is 12.9. The van der Waals surface area contributed by atoms with E-state index in [4.69, 9.17) is 16.3 Å². The Kier molecular flexibility index (Phi) is 7.06. The van der Waals surface area contributed by atoms with Gasteiger partial charge in [-0.3, -0.25) is 0 Å². The molecule has 1 amide bonds. The van der Waals surface area contributed by atoms with Crippen LogP contribution in [-0.2, 0) is 21.5 Å². The zero-order chi connectivity index (χ0) is 18.4. The van der Waals surface area contributed by atoms with Crippen LogP contribution in [0.3, 0.4) is 0 Å². The zero-order valence-corrected chi connectivity index (χ0v) is 16.1. The Morgan fingerprint density at radius 2 is 1.84 bits per heavy atom. The van der Waals surface area contributed by atoms with E-state index in [1.54, 1.807) is 19.9 Å². The Morgan fingerprint density at radius 3 is 2.40 bits per heavy atom. The van der Waals surface area contributed by atoms with E-state index in [2.05, 4.69) is 0 Å². The zero-order valence-electron chi connectivity index (χ0n) is 14.5. The van der Waals surface area contributed by atoms with E-state index in [0.717, 1.165) is 5.56 Å². The molecule has 140 valence electrons. The fourth-order valence-electron chi connectivity index (χ4n) is 2.65. The number of carbonyl (C=O) groups is 1. The third-order valence-electron chi connectivity index (χ3n) is 4.07. The topological polar surface area (TPSA) is 70.2 Å². The molecule has 25 heavy (non-hydrogen) atoms. The lowest BCUT2D eigenvalue weighted by Gasteiger charge is -2.36. The molecule has 0 aromatic heterocycles. The van der Waals surface area contributed by atoms with E-state index in [0.29, 0.717) is 31.3 Å². The number of amides is 1. The van der Waals surface area contributed by atoms with Gasteiger partial charge in [-0.15, -0.1) is 0 Å². The second kappa shape index (κ2) is 8.84. The number of hydrogen-bond donors (Lipinski definition) is 0. The quantitative estimate of drug-likeness (QED) is 0.747. The molecule has 0 radical (unpaired) electrons. The number of benzene rings is 1. The van der Waals surface area contributed by atoms with Crippen molar-refractivity contribution in [2.45, 2.75) is 20.4 Å². The second-order valence-electron chi connectivity index (χ2n) is 5.61. The van der Waals surface area contributed by atoms with Crippen molar-refractivity contribution >= 4 is 27.9 Å². The molecule has 1 aromatic carbocycles. The minimum Gasteiger partial charge on any atom is -0.450 e. The Labute approximate surface area is 154 Å². The molecule has 7 nitrogen and oxygen atoms in total. The molecule has 1 aliphatic rings. The van der Waals surface area contributed by atoms with Crippen LogP contribution in [0, 0.1) is 0 Å². The first-order valence-corrected chi connectivity index (χ1v) is 10.1. The average molecular weight is 390 g/mol. The maximum Gasteiger partial charge on any atom is 0.409 e. The van der Waals surface area contributed by atoms with Crippen molar-refractivity contribution in [3.8, 4) is 0 Å². The van der Waals surface area contributed by atoms with E-state index >= 15 is 0 Å². The fraction of sp³-hybridized carbons (Fsp3) is 0.562. The van der Waals surface area contributed by atoms with Gasteiger partial charge in [-0.05, 0) is 18.6 Å². The number of nitrogens with zero attached hydrogens (tertiary/aromatic N) is 3. The van der Waals surface area contributed by atoms with Gasteiger partial charge in [-0.1, -0.05) is 36.7 Å². The SMILES string of the molecule is CCOC(=O)N1CCN(S(=O)(=O)N(CC)Cc2ccccc2Cl)CC1. The predicted octanol–water partition coefficient (Wildman–Crippen LogP) is 2.18. The second-order valence-corrected chi connectivity index (χ2v) is 7.95. The molecule has 0 atom stereocenters. The van der Waals surface area contributed by atoms with Crippen LogP contribution in [0.5, 0.6) is 0 Å². The Hall–Kier alpha value is -1.35. The number of halogens is 1. The average Bonchev–Trinajstić information content (AvgIpc) is 2.61. The van der Waals surface area contributed by atoms with Crippen LogP contribution in [-0.4, -0.2) is 67.4 Å². The minimum atomic E-state index is -3.62. The van der Waals surface area contributed by atoms with Gasteiger partial charge in [0, 0.05) is 44.3 Å². The standard InChI is InChI=1S/C16H24ClN3O4S/c1-3-19(13-14-7-5-6-8-15(14)17)25(22,23)20-11-9-18(10-12-20)16(21)24-4-2/h5-8H,3-4,9-13H2,1-2H3. The lowest BCUT2D eigenvalue weighted by molar-refractivity contribution is 0.0924. The molecule has 0 saturated carbocycles. The first kappa shape index (κ1) is 20.0. The van der Waals surface area contributed by atoms with Gasteiger partial charge in [-0.25, -0.2) is 4.79 Å². The summed E-state index contributed by atoms with van der Waals surface area (Å²) in [5.41, 5.74) is 0.764. The molecule has 1 fully saturated rings. The fourth-order valence-corrected chi connectivity index (χ4v) is 4.43. The molecule has 1 heterocycles. The summed E-state index contributed by atoms with van der Waals surface area (Å²) in [6.07, 6.45) is -0.400. The predicted molar refractivity (Wildman–Crippen MR) is 96.6 cm³/mol. The van der Waals surface area contributed by atoms with Crippen molar-refractivity contribution in [3.63, 3.8) is 0 Å². The summed E-state index contributed by atoms with van der Waals surface area (Å²) in [6, 6.07) is 7.21. The monoisotopic (exact) mass is 389 g/mol. The molecule has 0 unspecified atom stereocenters. The highest BCUT2D eigenvalue weighted by Gasteiger charge is 2.33. The van der Waals surface area contributed by atoms with Crippen molar-refractivity contribution in [1.29, 1.82) is 0 Å². The number of ether oxygens (including phenoxy) is 1. The molecule has 2 rings (SSSR count). The normalized spacial score (nSPS) is 16.2. The molecule has 0 N–H and O–H groups in total. The van der Waals surface area contributed by atoms with Crippen LogP contribution in [0.1, 0.15) is 19.4 Å². The summed E-state index contributed by atoms with van der Waals surface area (Å²) >= 11 is 6.15. The Bertz CT molecular complexity index is 690. The van der Waals surface area contributed by atoms with Crippen LogP contribution < -0.4 is 0 Å². The molecule has 1 aliphatic heterocycles. The van der Waals surface area contributed by atoms with Gasteiger partial charge in [0.1, 0.15) is 0 Å². The third-order valence-corrected chi connectivity index (χ3v) is 6.50. The molecule has 0 spiro atoms. The molecule has 0 bridgehead atoms. The van der Waals surface area contributed by atoms with Gasteiger partial charge < -0.3 is 9.64 Å². The van der Waals surface area contributed by atoms with E-state index in [1.807, 2.05) is 18.2 Å². The van der Waals surface area contributed by atoms with Crippen LogP contribution in [0.25, 0.3) is 0 Å². The highest BCUT2D eigenvalue weighted by molar-refractivity contribution is 7.86. The maximum absolute atomic E-state index is 12.9. The lowest BCUT2D eigenvalue weighted by atomic mass is 10.2. The number of rotatable bonds is 6. The molecule has 1 saturated heterocycles. The van der Waals surface area contributed by atoms with Crippen LogP contribution >= 0.6 is 11.6 Å². The van der Waals surface area contributed by atoms with E-state index in [1.165, 1.54) is 13.5 Å². The van der Waals surface area contributed by atoms with Gasteiger partial charge in [0.15, 0.2) is 0 Å². The van der Waals surface area contributed by atoms with Crippen molar-refractivity contribution in [2.75, 3.05) is 39.3 Å². The van der Waals surface area contributed by atoms with Crippen LogP contribution in [0.2, 0.25) is 5.02 Å². The first-order valence-electron chi connectivity index (χ1n) is 8.30. The van der Waals surface area contributed by atoms with Crippen molar-refractivity contribution in [2.24, 2.45) is 0 Å². The Balaban J connectivity index is 2.04. The van der Waals surface area contributed by atoms with Crippen LogP contribution in [0.4, 0.5) is 4.79 Å². The van der Waals surface area contributed by atoms with Crippen molar-refractivity contribution < 1.29 is 17.9 Å². The van der Waals surface area contributed by atoms with E-state index < -0.39 is 16.3 Å². The highest BCUT2D eigenvalue weighted by atomic mass is 35.5. The molecule has 9 heteroatoms. The summed E-state index contributed by atoms with van der Waals surface area (Å²) < 4.78 is 33.6. The summed E-state index contributed by atoms with van der Waals surface area (Å²) in [7, 11) is -3.62. The number of carbonyl (C=O) groups excluding carboxylic acids is 1. The van der Waals surface area contributed by atoms with Gasteiger partial charge >= 0.3 is 6.09 Å². The summed E-state index contributed by atoms with van der Waals surface area (Å²) in [5.74, 6) is 0. The minimum absolute atomic E-state index is 0.219. The summed E-state index contributed by atoms with van der Waals surface area (Å²) in [6.45, 7) is 5.54. The van der Waals surface area contributed by atoms with Crippen molar-refractivity contribution in [3.05, 3.63) is 34.9 Å². The molecular formula is C16H24ClN3O4S. The first-order chi connectivity index (χ1) is 11.9. The van der Waals surface area contributed by atoms with E-state index in [-0.39, 0.29) is 19.6 Å². The largest absolute Gasteiger partial charge is 0.450 e. The van der Waals surface area contributed by atoms with Gasteiger partial charge in [-0.2, -0.15) is 17.0 Å². The molecule has 0 aliphatic carbocycles.